The van der Waals surface area contributed by atoms with Crippen LogP contribution in [0.1, 0.15) is 5.56 Å². The molecule has 1 aromatic rings. The topological polar surface area (TPSA) is 75.3 Å². The molecular formula is C10H13BrN2O2. The van der Waals surface area contributed by atoms with Gasteiger partial charge in [-0.25, -0.2) is 0 Å². The largest absolute Gasteiger partial charge is 0.382 e. The minimum Gasteiger partial charge on any atom is -0.382 e. The number of nitrogens with two attached hydrogens (primary N) is 1. The molecule has 4 nitrogen and oxygen atoms in total. The Morgan fingerprint density at radius 1 is 1.67 bits per heavy atom. The van der Waals surface area contributed by atoms with Crippen LogP contribution in [0.25, 0.3) is 0 Å². The van der Waals surface area contributed by atoms with Gasteiger partial charge in [0.2, 0.25) is 0 Å². The van der Waals surface area contributed by atoms with E-state index in [1.54, 1.807) is 6.07 Å². The van der Waals surface area contributed by atoms with Gasteiger partial charge in [-0.2, -0.15) is 0 Å². The molecule has 0 aliphatic rings. The van der Waals surface area contributed by atoms with Gasteiger partial charge in [-0.1, -0.05) is 15.9 Å². The highest BCUT2D eigenvalue weighted by atomic mass is 79.9. The normalized spacial score (nSPS) is 12.3. The molecule has 0 spiro atoms. The zero-order chi connectivity index (χ0) is 11.4. The van der Waals surface area contributed by atoms with Crippen molar-refractivity contribution in [1.82, 2.24) is 0 Å². The van der Waals surface area contributed by atoms with Crippen LogP contribution < -0.4 is 11.1 Å². The first kappa shape index (κ1) is 12.2. The van der Waals surface area contributed by atoms with Crippen molar-refractivity contribution in [2.24, 2.45) is 5.73 Å². The van der Waals surface area contributed by atoms with E-state index in [0.717, 1.165) is 10.0 Å². The van der Waals surface area contributed by atoms with E-state index in [4.69, 9.17) is 5.73 Å². The summed E-state index contributed by atoms with van der Waals surface area (Å²) in [5, 5.41) is 11.8. The number of aryl methyl sites for hydroxylation is 1. The molecule has 82 valence electrons. The predicted octanol–water partition coefficient (Wildman–Crippen LogP) is 1.02. The molecule has 0 saturated carbocycles. The Bertz CT molecular complexity index is 368. The minimum absolute atomic E-state index is 0.0819. The molecule has 5 heteroatoms. The van der Waals surface area contributed by atoms with Crippen molar-refractivity contribution < 1.29 is 9.90 Å². The van der Waals surface area contributed by atoms with Crippen molar-refractivity contribution in [3.63, 3.8) is 0 Å². The van der Waals surface area contributed by atoms with Crippen molar-refractivity contribution in [3.8, 4) is 0 Å². The van der Waals surface area contributed by atoms with Gasteiger partial charge in [0.25, 0.3) is 5.91 Å². The number of aliphatic hydroxyl groups is 1. The van der Waals surface area contributed by atoms with Crippen molar-refractivity contribution in [3.05, 3.63) is 28.2 Å². The lowest BCUT2D eigenvalue weighted by molar-refractivity contribution is -0.123. The van der Waals surface area contributed by atoms with Crippen LogP contribution >= 0.6 is 15.9 Å². The summed E-state index contributed by atoms with van der Waals surface area (Å²) in [6, 6.07) is 5.46. The van der Waals surface area contributed by atoms with E-state index in [-0.39, 0.29) is 6.54 Å². The molecule has 0 fully saturated rings. The Labute approximate surface area is 96.6 Å². The SMILES string of the molecule is Cc1cc(Br)ccc1NC(=O)C(O)CN. The van der Waals surface area contributed by atoms with Crippen LogP contribution in [0.15, 0.2) is 22.7 Å². The number of rotatable bonds is 3. The van der Waals surface area contributed by atoms with Crippen LogP contribution in [-0.4, -0.2) is 23.7 Å². The summed E-state index contributed by atoms with van der Waals surface area (Å²) in [5.74, 6) is -0.483. The smallest absolute Gasteiger partial charge is 0.254 e. The van der Waals surface area contributed by atoms with E-state index in [0.29, 0.717) is 5.69 Å². The first-order valence-electron chi connectivity index (χ1n) is 4.49. The second-order valence-corrected chi connectivity index (χ2v) is 4.12. The summed E-state index contributed by atoms with van der Waals surface area (Å²) in [5.41, 5.74) is 6.77. The standard InChI is InChI=1S/C10H13BrN2O2/c1-6-4-7(11)2-3-8(6)13-10(15)9(14)5-12/h2-4,9,14H,5,12H2,1H3,(H,13,15). The van der Waals surface area contributed by atoms with Gasteiger partial charge in [0.05, 0.1) is 0 Å². The number of aliphatic hydroxyl groups excluding tert-OH is 1. The maximum atomic E-state index is 11.3. The molecule has 0 heterocycles. The summed E-state index contributed by atoms with van der Waals surface area (Å²) in [4.78, 5) is 11.3. The summed E-state index contributed by atoms with van der Waals surface area (Å²) in [6.07, 6.45) is -1.16. The van der Waals surface area contributed by atoms with Crippen LogP contribution in [0, 0.1) is 6.92 Å². The molecule has 1 amide bonds. The van der Waals surface area contributed by atoms with Gasteiger partial charge in [0.1, 0.15) is 6.10 Å². The van der Waals surface area contributed by atoms with Crippen molar-refractivity contribution in [2.75, 3.05) is 11.9 Å². The second kappa shape index (κ2) is 5.25. The molecule has 1 atom stereocenters. The molecule has 4 N–H and O–H groups in total. The number of anilines is 1. The average Bonchev–Trinajstić information content (AvgIpc) is 2.20. The zero-order valence-corrected chi connectivity index (χ0v) is 9.91. The molecule has 0 aliphatic carbocycles. The molecule has 0 radical (unpaired) electrons. The monoisotopic (exact) mass is 272 g/mol. The number of hydrogen-bond acceptors (Lipinski definition) is 3. The fraction of sp³-hybridized carbons (Fsp3) is 0.300. The maximum Gasteiger partial charge on any atom is 0.254 e. The average molecular weight is 273 g/mol. The van der Waals surface area contributed by atoms with Crippen LogP contribution in [0.5, 0.6) is 0 Å². The number of benzene rings is 1. The van der Waals surface area contributed by atoms with Crippen LogP contribution in [0.4, 0.5) is 5.69 Å². The number of halogens is 1. The summed E-state index contributed by atoms with van der Waals surface area (Å²) in [7, 11) is 0. The number of amides is 1. The lowest BCUT2D eigenvalue weighted by atomic mass is 10.2. The third-order valence-electron chi connectivity index (χ3n) is 1.97. The first-order chi connectivity index (χ1) is 7.04. The Balaban J connectivity index is 2.77. The number of carbonyl (C=O) groups is 1. The highest BCUT2D eigenvalue weighted by molar-refractivity contribution is 9.10. The minimum atomic E-state index is -1.16. The van der Waals surface area contributed by atoms with Crippen molar-refractivity contribution in [2.45, 2.75) is 13.0 Å². The van der Waals surface area contributed by atoms with E-state index >= 15 is 0 Å². The van der Waals surface area contributed by atoms with Gasteiger partial charge < -0.3 is 16.2 Å². The highest BCUT2D eigenvalue weighted by Gasteiger charge is 2.13. The molecule has 0 aliphatic heterocycles. The van der Waals surface area contributed by atoms with Gasteiger partial charge >= 0.3 is 0 Å². The van der Waals surface area contributed by atoms with Crippen LogP contribution in [0.3, 0.4) is 0 Å². The molecule has 0 bridgehead atoms. The fourth-order valence-electron chi connectivity index (χ4n) is 1.09. The first-order valence-corrected chi connectivity index (χ1v) is 5.29. The Kier molecular flexibility index (Phi) is 4.26. The van der Waals surface area contributed by atoms with E-state index in [1.807, 2.05) is 19.1 Å². The van der Waals surface area contributed by atoms with Crippen LogP contribution in [-0.2, 0) is 4.79 Å². The molecule has 0 saturated heterocycles. The van der Waals surface area contributed by atoms with E-state index in [2.05, 4.69) is 21.2 Å². The van der Waals surface area contributed by atoms with Crippen LogP contribution in [0.2, 0.25) is 0 Å². The van der Waals surface area contributed by atoms with E-state index in [1.165, 1.54) is 0 Å². The summed E-state index contributed by atoms with van der Waals surface area (Å²) < 4.78 is 0.942. The quantitative estimate of drug-likeness (QED) is 0.769. The Morgan fingerprint density at radius 3 is 2.87 bits per heavy atom. The zero-order valence-electron chi connectivity index (χ0n) is 8.33. The lowest BCUT2D eigenvalue weighted by Crippen LogP contribution is -2.34. The third kappa shape index (κ3) is 3.30. The van der Waals surface area contributed by atoms with Gasteiger partial charge in [0.15, 0.2) is 0 Å². The van der Waals surface area contributed by atoms with Crippen molar-refractivity contribution in [1.29, 1.82) is 0 Å². The third-order valence-corrected chi connectivity index (χ3v) is 2.47. The van der Waals surface area contributed by atoms with E-state index < -0.39 is 12.0 Å². The van der Waals surface area contributed by atoms with Gasteiger partial charge in [-0.15, -0.1) is 0 Å². The molecule has 0 aromatic heterocycles. The number of nitrogens with one attached hydrogen (secondary N) is 1. The predicted molar refractivity (Wildman–Crippen MR) is 62.6 cm³/mol. The summed E-state index contributed by atoms with van der Waals surface area (Å²) in [6.45, 7) is 1.79. The maximum absolute atomic E-state index is 11.3. The number of carbonyl (C=O) groups excluding carboxylic acids is 1. The van der Waals surface area contributed by atoms with Gasteiger partial charge in [0, 0.05) is 16.7 Å². The molecule has 15 heavy (non-hydrogen) atoms. The molecular weight excluding hydrogens is 260 g/mol. The number of hydrogen-bond donors (Lipinski definition) is 3. The summed E-state index contributed by atoms with van der Waals surface area (Å²) >= 11 is 3.32. The second-order valence-electron chi connectivity index (χ2n) is 3.20. The molecule has 1 rings (SSSR count). The molecule has 1 unspecified atom stereocenters. The van der Waals surface area contributed by atoms with Gasteiger partial charge in [-0.05, 0) is 30.7 Å². The Morgan fingerprint density at radius 2 is 2.33 bits per heavy atom. The lowest BCUT2D eigenvalue weighted by Gasteiger charge is -2.11. The van der Waals surface area contributed by atoms with Crippen molar-refractivity contribution >= 4 is 27.5 Å². The van der Waals surface area contributed by atoms with Gasteiger partial charge in [-0.3, -0.25) is 4.79 Å². The van der Waals surface area contributed by atoms with E-state index in [9.17, 15) is 9.90 Å². The highest BCUT2D eigenvalue weighted by Crippen LogP contribution is 2.19. The molecule has 1 aromatic carbocycles. The Hall–Kier alpha value is -0.910. The fourth-order valence-corrected chi connectivity index (χ4v) is 1.57.